The van der Waals surface area contributed by atoms with Crippen LogP contribution in [0.4, 0.5) is 0 Å². The summed E-state index contributed by atoms with van der Waals surface area (Å²) in [6.45, 7) is 3.81. The van der Waals surface area contributed by atoms with Crippen LogP contribution in [0.1, 0.15) is 33.1 Å². The van der Waals surface area contributed by atoms with Gasteiger partial charge in [-0.2, -0.15) is 0 Å². The quantitative estimate of drug-likeness (QED) is 0.587. The van der Waals surface area contributed by atoms with Gasteiger partial charge in [-0.05, 0) is 26.7 Å². The summed E-state index contributed by atoms with van der Waals surface area (Å²) in [5.41, 5.74) is -0.552. The molecule has 1 heterocycles. The Bertz CT molecular complexity index is 210. The minimum atomic E-state index is -0.552. The molecule has 0 aromatic rings. The van der Waals surface area contributed by atoms with E-state index in [0.29, 0.717) is 13.0 Å². The summed E-state index contributed by atoms with van der Waals surface area (Å²) in [6.07, 6.45) is 1.95. The summed E-state index contributed by atoms with van der Waals surface area (Å²) < 4.78 is 4.90. The van der Waals surface area contributed by atoms with Crippen molar-refractivity contribution in [2.75, 3.05) is 6.61 Å². The third kappa shape index (κ3) is 1.84. The van der Waals surface area contributed by atoms with E-state index in [2.05, 4.69) is 0 Å². The van der Waals surface area contributed by atoms with Crippen LogP contribution in [0.5, 0.6) is 0 Å². The van der Waals surface area contributed by atoms with E-state index in [1.807, 2.05) is 0 Å². The van der Waals surface area contributed by atoms with E-state index in [-0.39, 0.29) is 11.8 Å². The molecule has 1 rings (SSSR count). The second-order valence-electron chi connectivity index (χ2n) is 3.68. The molecule has 12 heavy (non-hydrogen) atoms. The smallest absolute Gasteiger partial charge is 0.312 e. The Morgan fingerprint density at radius 1 is 1.67 bits per heavy atom. The zero-order chi connectivity index (χ0) is 9.19. The van der Waals surface area contributed by atoms with Gasteiger partial charge in [-0.15, -0.1) is 0 Å². The Labute approximate surface area is 72.1 Å². The number of ketones is 1. The molecule has 1 saturated heterocycles. The van der Waals surface area contributed by atoms with Crippen molar-refractivity contribution in [3.63, 3.8) is 0 Å². The lowest BCUT2D eigenvalue weighted by Crippen LogP contribution is -2.36. The molecule has 1 atom stereocenters. The van der Waals surface area contributed by atoms with Gasteiger partial charge in [0.05, 0.1) is 12.0 Å². The van der Waals surface area contributed by atoms with Gasteiger partial charge in [0.15, 0.2) is 0 Å². The normalized spacial score (nSPS) is 29.7. The number of carbonyl (C=O) groups excluding carboxylic acids is 2. The standard InChI is InChI=1S/C9H14O3/c1-7(10)6-9(2)4-3-5-12-8(9)11/h3-6H2,1-2H3/t9-/m0/s1. The van der Waals surface area contributed by atoms with Gasteiger partial charge in [-0.3, -0.25) is 9.59 Å². The van der Waals surface area contributed by atoms with Crippen LogP contribution in [0.3, 0.4) is 0 Å². The van der Waals surface area contributed by atoms with Gasteiger partial charge in [0.2, 0.25) is 0 Å². The first kappa shape index (κ1) is 9.23. The Kier molecular flexibility index (Phi) is 2.50. The van der Waals surface area contributed by atoms with Gasteiger partial charge in [0.1, 0.15) is 5.78 Å². The summed E-state index contributed by atoms with van der Waals surface area (Å²) in [5, 5.41) is 0. The van der Waals surface area contributed by atoms with Gasteiger partial charge in [0.25, 0.3) is 0 Å². The van der Waals surface area contributed by atoms with Crippen LogP contribution in [0.15, 0.2) is 0 Å². The van der Waals surface area contributed by atoms with E-state index >= 15 is 0 Å². The fraction of sp³-hybridized carbons (Fsp3) is 0.778. The van der Waals surface area contributed by atoms with Gasteiger partial charge >= 0.3 is 5.97 Å². The molecule has 1 aliphatic heterocycles. The minimum Gasteiger partial charge on any atom is -0.465 e. The highest BCUT2D eigenvalue weighted by molar-refractivity contribution is 5.85. The van der Waals surface area contributed by atoms with Gasteiger partial charge in [0, 0.05) is 6.42 Å². The van der Waals surface area contributed by atoms with Crippen molar-refractivity contribution in [1.82, 2.24) is 0 Å². The van der Waals surface area contributed by atoms with E-state index in [0.717, 1.165) is 12.8 Å². The molecule has 0 unspecified atom stereocenters. The van der Waals surface area contributed by atoms with E-state index in [1.54, 1.807) is 6.92 Å². The molecule has 0 spiro atoms. The fourth-order valence-electron chi connectivity index (χ4n) is 1.61. The first-order valence-corrected chi connectivity index (χ1v) is 4.21. The van der Waals surface area contributed by atoms with Gasteiger partial charge in [-0.25, -0.2) is 0 Å². The molecule has 0 aliphatic carbocycles. The fourth-order valence-corrected chi connectivity index (χ4v) is 1.61. The lowest BCUT2D eigenvalue weighted by atomic mass is 9.80. The van der Waals surface area contributed by atoms with Crippen molar-refractivity contribution in [3.05, 3.63) is 0 Å². The first-order valence-electron chi connectivity index (χ1n) is 4.21. The number of ether oxygens (including phenoxy) is 1. The van der Waals surface area contributed by atoms with Crippen LogP contribution >= 0.6 is 0 Å². The summed E-state index contributed by atoms with van der Waals surface area (Å²) in [7, 11) is 0. The third-order valence-corrected chi connectivity index (χ3v) is 2.24. The molecule has 0 amide bonds. The second-order valence-corrected chi connectivity index (χ2v) is 3.68. The maximum atomic E-state index is 11.3. The molecule has 68 valence electrons. The average Bonchev–Trinajstić information content (AvgIpc) is 1.94. The SMILES string of the molecule is CC(=O)C[C@]1(C)CCCOC1=O. The van der Waals surface area contributed by atoms with Crippen LogP contribution in [0.25, 0.3) is 0 Å². The molecule has 0 aromatic heterocycles. The zero-order valence-corrected chi connectivity index (χ0v) is 7.55. The Morgan fingerprint density at radius 2 is 2.33 bits per heavy atom. The van der Waals surface area contributed by atoms with Crippen molar-refractivity contribution in [2.24, 2.45) is 5.41 Å². The van der Waals surface area contributed by atoms with E-state index in [4.69, 9.17) is 4.74 Å². The van der Waals surface area contributed by atoms with E-state index < -0.39 is 5.41 Å². The Balaban J connectivity index is 2.66. The number of Topliss-reactive ketones (excluding diaryl/α,β-unsaturated/α-hetero) is 1. The number of carbonyl (C=O) groups is 2. The maximum absolute atomic E-state index is 11.3. The first-order chi connectivity index (χ1) is 5.54. The second kappa shape index (κ2) is 3.25. The lowest BCUT2D eigenvalue weighted by Gasteiger charge is -2.30. The molecule has 0 bridgehead atoms. The van der Waals surface area contributed by atoms with Crippen LogP contribution in [0.2, 0.25) is 0 Å². The highest BCUT2D eigenvalue weighted by atomic mass is 16.5. The molecule has 0 saturated carbocycles. The summed E-state index contributed by atoms with van der Waals surface area (Å²) in [6, 6.07) is 0. The van der Waals surface area contributed by atoms with Crippen LogP contribution in [-0.4, -0.2) is 18.4 Å². The monoisotopic (exact) mass is 170 g/mol. The highest BCUT2D eigenvalue weighted by Gasteiger charge is 2.38. The molecular formula is C9H14O3. The lowest BCUT2D eigenvalue weighted by molar-refractivity contribution is -0.162. The molecule has 3 heteroatoms. The van der Waals surface area contributed by atoms with E-state index in [9.17, 15) is 9.59 Å². The molecule has 0 aromatic carbocycles. The molecule has 1 fully saturated rings. The number of rotatable bonds is 2. The van der Waals surface area contributed by atoms with Crippen molar-refractivity contribution in [2.45, 2.75) is 33.1 Å². The number of hydrogen-bond acceptors (Lipinski definition) is 3. The summed E-state index contributed by atoms with van der Waals surface area (Å²) >= 11 is 0. The minimum absolute atomic E-state index is 0.0522. The van der Waals surface area contributed by atoms with Crippen molar-refractivity contribution in [1.29, 1.82) is 0 Å². The average molecular weight is 170 g/mol. The van der Waals surface area contributed by atoms with Crippen molar-refractivity contribution in [3.8, 4) is 0 Å². The van der Waals surface area contributed by atoms with Gasteiger partial charge < -0.3 is 4.74 Å². The molecule has 1 aliphatic rings. The third-order valence-electron chi connectivity index (χ3n) is 2.24. The maximum Gasteiger partial charge on any atom is 0.312 e. The van der Waals surface area contributed by atoms with Crippen molar-refractivity contribution >= 4 is 11.8 Å². The van der Waals surface area contributed by atoms with Crippen LogP contribution < -0.4 is 0 Å². The number of hydrogen-bond donors (Lipinski definition) is 0. The number of cyclic esters (lactones) is 1. The van der Waals surface area contributed by atoms with Crippen molar-refractivity contribution < 1.29 is 14.3 Å². The predicted octanol–water partition coefficient (Wildman–Crippen LogP) is 1.31. The van der Waals surface area contributed by atoms with Gasteiger partial charge in [-0.1, -0.05) is 0 Å². The molecule has 0 N–H and O–H groups in total. The van der Waals surface area contributed by atoms with Crippen LogP contribution in [0, 0.1) is 5.41 Å². The molecular weight excluding hydrogens is 156 g/mol. The summed E-state index contributed by atoms with van der Waals surface area (Å²) in [4.78, 5) is 22.1. The Morgan fingerprint density at radius 3 is 2.83 bits per heavy atom. The molecule has 0 radical (unpaired) electrons. The topological polar surface area (TPSA) is 43.4 Å². The number of esters is 1. The van der Waals surface area contributed by atoms with Crippen LogP contribution in [-0.2, 0) is 14.3 Å². The highest BCUT2D eigenvalue weighted by Crippen LogP contribution is 2.32. The Hall–Kier alpha value is -0.860. The molecule has 3 nitrogen and oxygen atoms in total. The van der Waals surface area contributed by atoms with E-state index in [1.165, 1.54) is 6.92 Å². The zero-order valence-electron chi connectivity index (χ0n) is 7.55. The summed E-state index contributed by atoms with van der Waals surface area (Å²) in [5.74, 6) is -0.166. The predicted molar refractivity (Wildman–Crippen MR) is 43.6 cm³/mol. The largest absolute Gasteiger partial charge is 0.465 e.